The summed E-state index contributed by atoms with van der Waals surface area (Å²) in [5, 5.41) is 0. The molecule has 6 heteroatoms. The minimum atomic E-state index is -1.78. The van der Waals surface area contributed by atoms with Crippen LogP contribution in [0.1, 0.15) is 48.0 Å². The second kappa shape index (κ2) is 11.0. The maximum absolute atomic E-state index is 6.89. The van der Waals surface area contributed by atoms with Crippen LogP contribution in [0, 0.1) is 0 Å². The fourth-order valence-electron chi connectivity index (χ4n) is 3.38. The molecular weight excluding hydrogens is 336 g/mol. The molecule has 0 saturated carbocycles. The van der Waals surface area contributed by atoms with Crippen LogP contribution in [0.5, 0.6) is 0 Å². The van der Waals surface area contributed by atoms with Crippen molar-refractivity contribution >= 4 is 27.1 Å². The molecule has 0 saturated heterocycles. The lowest BCUT2D eigenvalue weighted by molar-refractivity contribution is -0.151. The van der Waals surface area contributed by atoms with Crippen molar-refractivity contribution < 1.29 is 13.3 Å². The number of hydrogen-bond donors (Lipinski definition) is 0. The molecule has 0 heterocycles. The highest BCUT2D eigenvalue weighted by molar-refractivity contribution is 6.74. The standard InChI is InChI=1S/C17H40O3Si3/c1-8-15-17(16-18-21,19-22(9-2,10-3)11-4)20-23(12-5,13-6)14-7/h8H,1,9-16H2,2-7,21H3. The highest BCUT2D eigenvalue weighted by Crippen LogP contribution is 2.36. The third-order valence-corrected chi connectivity index (χ3v) is 15.1. The van der Waals surface area contributed by atoms with Gasteiger partial charge >= 0.3 is 0 Å². The first-order valence-corrected chi connectivity index (χ1v) is 15.3. The van der Waals surface area contributed by atoms with Crippen LogP contribution in [0.4, 0.5) is 0 Å². The highest BCUT2D eigenvalue weighted by Gasteiger charge is 2.46. The van der Waals surface area contributed by atoms with E-state index in [1.165, 1.54) is 0 Å². The molecule has 23 heavy (non-hydrogen) atoms. The van der Waals surface area contributed by atoms with Gasteiger partial charge in [-0.3, -0.25) is 0 Å². The van der Waals surface area contributed by atoms with Crippen molar-refractivity contribution in [2.45, 2.75) is 90.0 Å². The van der Waals surface area contributed by atoms with Crippen LogP contribution in [0.25, 0.3) is 0 Å². The minimum Gasteiger partial charge on any atom is -0.423 e. The van der Waals surface area contributed by atoms with Gasteiger partial charge in [0.05, 0.1) is 6.61 Å². The summed E-state index contributed by atoms with van der Waals surface area (Å²) in [7, 11) is -2.86. The fraction of sp³-hybridized carbons (Fsp3) is 0.882. The van der Waals surface area contributed by atoms with Crippen LogP contribution in [0.15, 0.2) is 12.7 Å². The summed E-state index contributed by atoms with van der Waals surface area (Å²) in [6, 6.07) is 6.76. The molecule has 0 aromatic rings. The Morgan fingerprint density at radius 3 is 1.39 bits per heavy atom. The van der Waals surface area contributed by atoms with Crippen LogP contribution in [0.3, 0.4) is 0 Å². The van der Waals surface area contributed by atoms with Gasteiger partial charge in [-0.1, -0.05) is 47.6 Å². The van der Waals surface area contributed by atoms with E-state index in [1.54, 1.807) is 0 Å². The van der Waals surface area contributed by atoms with E-state index in [0.717, 1.165) is 42.7 Å². The van der Waals surface area contributed by atoms with Crippen LogP contribution in [-0.4, -0.2) is 39.5 Å². The van der Waals surface area contributed by atoms with E-state index < -0.39 is 22.4 Å². The Morgan fingerprint density at radius 1 is 0.826 bits per heavy atom. The van der Waals surface area contributed by atoms with E-state index in [4.69, 9.17) is 13.3 Å². The normalized spacial score (nSPS) is 13.5. The van der Waals surface area contributed by atoms with Gasteiger partial charge in [0.15, 0.2) is 22.4 Å². The molecule has 3 nitrogen and oxygen atoms in total. The Bertz CT molecular complexity index is 291. The van der Waals surface area contributed by atoms with Crippen LogP contribution in [-0.2, 0) is 13.3 Å². The minimum absolute atomic E-state index is 0.550. The zero-order valence-corrected chi connectivity index (χ0v) is 20.7. The van der Waals surface area contributed by atoms with Gasteiger partial charge in [0.25, 0.3) is 0 Å². The molecular formula is C17H40O3Si3. The van der Waals surface area contributed by atoms with Crippen LogP contribution >= 0.6 is 0 Å². The molecule has 0 radical (unpaired) electrons. The van der Waals surface area contributed by atoms with Gasteiger partial charge in [-0.25, -0.2) is 0 Å². The predicted molar refractivity (Wildman–Crippen MR) is 110 cm³/mol. The summed E-state index contributed by atoms with van der Waals surface area (Å²) < 4.78 is 19.5. The lowest BCUT2D eigenvalue weighted by Gasteiger charge is -2.46. The molecule has 0 fully saturated rings. The molecule has 0 amide bonds. The van der Waals surface area contributed by atoms with Gasteiger partial charge < -0.3 is 13.3 Å². The lowest BCUT2D eigenvalue weighted by Crippen LogP contribution is -2.56. The van der Waals surface area contributed by atoms with Crippen molar-refractivity contribution in [2.75, 3.05) is 6.61 Å². The van der Waals surface area contributed by atoms with E-state index in [0.29, 0.717) is 17.1 Å². The van der Waals surface area contributed by atoms with E-state index in [9.17, 15) is 0 Å². The molecule has 138 valence electrons. The predicted octanol–water partition coefficient (Wildman–Crippen LogP) is 4.60. The summed E-state index contributed by atoms with van der Waals surface area (Å²) in [4.78, 5) is 0. The first kappa shape index (κ1) is 23.3. The smallest absolute Gasteiger partial charge is 0.195 e. The second-order valence-electron chi connectivity index (χ2n) is 6.53. The average Bonchev–Trinajstić information content (AvgIpc) is 2.58. The Labute approximate surface area is 150 Å². The molecule has 0 spiro atoms. The van der Waals surface area contributed by atoms with Crippen LogP contribution < -0.4 is 0 Å². The van der Waals surface area contributed by atoms with Gasteiger partial charge in [-0.05, 0) is 36.3 Å². The van der Waals surface area contributed by atoms with Crippen molar-refractivity contribution in [2.24, 2.45) is 0 Å². The topological polar surface area (TPSA) is 27.7 Å². The summed E-state index contributed by atoms with van der Waals surface area (Å²) >= 11 is 0. The SMILES string of the molecule is C=CCC(CO[SiH3])(O[Si](CC)(CC)CC)O[Si](CC)(CC)CC. The molecule has 0 aliphatic heterocycles. The van der Waals surface area contributed by atoms with E-state index in [-0.39, 0.29) is 0 Å². The van der Waals surface area contributed by atoms with Gasteiger partial charge in [-0.15, -0.1) is 6.58 Å². The van der Waals surface area contributed by atoms with Crippen molar-refractivity contribution in [3.8, 4) is 0 Å². The first-order chi connectivity index (χ1) is 10.9. The molecule has 0 bridgehead atoms. The quantitative estimate of drug-likeness (QED) is 0.252. The molecule has 0 N–H and O–H groups in total. The summed E-state index contributed by atoms with van der Waals surface area (Å²) in [6.45, 7) is 18.1. The van der Waals surface area contributed by atoms with Crippen LogP contribution in [0.2, 0.25) is 36.3 Å². The van der Waals surface area contributed by atoms with Crippen molar-refractivity contribution in [3.63, 3.8) is 0 Å². The highest BCUT2D eigenvalue weighted by atomic mass is 28.4. The Hall–Kier alpha value is 0.271. The van der Waals surface area contributed by atoms with Crippen molar-refractivity contribution in [1.29, 1.82) is 0 Å². The van der Waals surface area contributed by atoms with Gasteiger partial charge in [0.1, 0.15) is 10.5 Å². The molecule has 0 aromatic carbocycles. The zero-order chi connectivity index (χ0) is 18.0. The monoisotopic (exact) mass is 376 g/mol. The number of rotatable bonds is 14. The summed E-state index contributed by atoms with van der Waals surface area (Å²) in [5.74, 6) is -0.605. The van der Waals surface area contributed by atoms with Gasteiger partial charge in [0, 0.05) is 6.42 Å². The average molecular weight is 377 g/mol. The second-order valence-corrected chi connectivity index (χ2v) is 16.5. The van der Waals surface area contributed by atoms with E-state index in [1.807, 2.05) is 6.08 Å². The Balaban J connectivity index is 5.74. The van der Waals surface area contributed by atoms with Gasteiger partial charge in [-0.2, -0.15) is 0 Å². The van der Waals surface area contributed by atoms with Gasteiger partial charge in [0.2, 0.25) is 0 Å². The first-order valence-electron chi connectivity index (χ1n) is 9.40. The maximum Gasteiger partial charge on any atom is 0.195 e. The number of hydrogen-bond acceptors (Lipinski definition) is 3. The molecule has 0 aliphatic rings. The third kappa shape index (κ3) is 6.25. The third-order valence-electron chi connectivity index (χ3n) is 5.49. The zero-order valence-electron chi connectivity index (χ0n) is 16.7. The van der Waals surface area contributed by atoms with Crippen molar-refractivity contribution in [3.05, 3.63) is 12.7 Å². The molecule has 0 atom stereocenters. The van der Waals surface area contributed by atoms with Crippen molar-refractivity contribution in [1.82, 2.24) is 0 Å². The lowest BCUT2D eigenvalue weighted by atomic mass is 10.2. The Morgan fingerprint density at radius 2 is 1.17 bits per heavy atom. The molecule has 0 rings (SSSR count). The Kier molecular flexibility index (Phi) is 11.1. The molecule has 0 aliphatic carbocycles. The van der Waals surface area contributed by atoms with E-state index in [2.05, 4.69) is 48.1 Å². The molecule has 0 unspecified atom stereocenters. The fourth-order valence-corrected chi connectivity index (χ4v) is 9.72. The maximum atomic E-state index is 6.89. The summed E-state index contributed by atoms with van der Waals surface area (Å²) in [5.41, 5.74) is 0. The summed E-state index contributed by atoms with van der Waals surface area (Å²) in [6.07, 6.45) is 2.67. The largest absolute Gasteiger partial charge is 0.423 e. The molecule has 0 aromatic heterocycles. The van der Waals surface area contributed by atoms with E-state index >= 15 is 0 Å².